The smallest absolute Gasteiger partial charge is 0.264 e. The second kappa shape index (κ2) is 8.29. The lowest BCUT2D eigenvalue weighted by Gasteiger charge is -2.09. The Morgan fingerprint density at radius 3 is 2.65 bits per heavy atom. The van der Waals surface area contributed by atoms with Gasteiger partial charge in [0.05, 0.1) is 0 Å². The number of amides is 1. The third kappa shape index (κ3) is 5.03. The Labute approximate surface area is 161 Å². The summed E-state index contributed by atoms with van der Waals surface area (Å²) in [7, 11) is 0. The molecule has 0 atom stereocenters. The summed E-state index contributed by atoms with van der Waals surface area (Å²) >= 11 is 7.23. The number of carbonyl (C=O) groups excluding carboxylic acids is 1. The van der Waals surface area contributed by atoms with E-state index in [-0.39, 0.29) is 12.5 Å². The molecule has 5 nitrogen and oxygen atoms in total. The van der Waals surface area contributed by atoms with Gasteiger partial charge >= 0.3 is 0 Å². The highest BCUT2D eigenvalue weighted by Crippen LogP contribution is 2.21. The summed E-state index contributed by atoms with van der Waals surface area (Å²) in [5, 5.41) is 12.8. The Balaban J connectivity index is 1.53. The molecule has 0 fully saturated rings. The predicted molar refractivity (Wildman–Crippen MR) is 104 cm³/mol. The van der Waals surface area contributed by atoms with Crippen molar-refractivity contribution >= 4 is 34.0 Å². The number of hydrogen-bond donors (Lipinski definition) is 1. The molecule has 0 radical (unpaired) electrons. The SMILES string of the molecule is Cc1ccc(OCC(=O)Nc2nnc(Cc3ccc(Cl)cc3)s2)c(C)c1. The van der Waals surface area contributed by atoms with E-state index in [0.29, 0.717) is 22.3 Å². The summed E-state index contributed by atoms with van der Waals surface area (Å²) < 4.78 is 5.57. The zero-order valence-corrected chi connectivity index (χ0v) is 16.0. The first-order chi connectivity index (χ1) is 12.5. The van der Waals surface area contributed by atoms with Gasteiger partial charge in [0.25, 0.3) is 5.91 Å². The number of aromatic nitrogens is 2. The van der Waals surface area contributed by atoms with E-state index in [4.69, 9.17) is 16.3 Å². The highest BCUT2D eigenvalue weighted by molar-refractivity contribution is 7.15. The van der Waals surface area contributed by atoms with Crippen LogP contribution in [0.2, 0.25) is 5.02 Å². The summed E-state index contributed by atoms with van der Waals surface area (Å²) in [4.78, 5) is 12.1. The molecule has 0 aliphatic rings. The Kier molecular flexibility index (Phi) is 5.85. The van der Waals surface area contributed by atoms with Crippen molar-refractivity contribution in [2.75, 3.05) is 11.9 Å². The van der Waals surface area contributed by atoms with Gasteiger partial charge in [-0.2, -0.15) is 0 Å². The molecule has 3 aromatic rings. The van der Waals surface area contributed by atoms with Crippen LogP contribution >= 0.6 is 22.9 Å². The van der Waals surface area contributed by atoms with Crippen LogP contribution in [-0.4, -0.2) is 22.7 Å². The molecule has 1 N–H and O–H groups in total. The lowest BCUT2D eigenvalue weighted by atomic mass is 10.1. The molecule has 0 saturated heterocycles. The maximum absolute atomic E-state index is 12.1. The summed E-state index contributed by atoms with van der Waals surface area (Å²) in [6.07, 6.45) is 0.643. The number of rotatable bonds is 6. The van der Waals surface area contributed by atoms with Gasteiger partial charge in [0.15, 0.2) is 6.61 Å². The van der Waals surface area contributed by atoms with E-state index >= 15 is 0 Å². The molecule has 0 saturated carbocycles. The van der Waals surface area contributed by atoms with E-state index in [0.717, 1.165) is 21.7 Å². The third-order valence-corrected chi connectivity index (χ3v) is 4.76. The number of halogens is 1. The quantitative estimate of drug-likeness (QED) is 0.680. The topological polar surface area (TPSA) is 64.1 Å². The van der Waals surface area contributed by atoms with E-state index in [9.17, 15) is 4.79 Å². The Hall–Kier alpha value is -2.44. The van der Waals surface area contributed by atoms with Gasteiger partial charge in [-0.25, -0.2) is 0 Å². The largest absolute Gasteiger partial charge is 0.483 e. The highest BCUT2D eigenvalue weighted by Gasteiger charge is 2.10. The van der Waals surface area contributed by atoms with Crippen molar-refractivity contribution in [3.8, 4) is 5.75 Å². The monoisotopic (exact) mass is 387 g/mol. The van der Waals surface area contributed by atoms with E-state index in [1.807, 2.05) is 56.3 Å². The number of benzene rings is 2. The van der Waals surface area contributed by atoms with Crippen LogP contribution in [0.25, 0.3) is 0 Å². The van der Waals surface area contributed by atoms with Crippen LogP contribution in [0.3, 0.4) is 0 Å². The lowest BCUT2D eigenvalue weighted by Crippen LogP contribution is -2.20. The molecule has 0 aliphatic carbocycles. The normalized spacial score (nSPS) is 10.6. The molecule has 0 aliphatic heterocycles. The number of anilines is 1. The molecule has 2 aromatic carbocycles. The second-order valence-electron chi connectivity index (χ2n) is 5.91. The Morgan fingerprint density at radius 1 is 1.15 bits per heavy atom. The Bertz CT molecular complexity index is 909. The van der Waals surface area contributed by atoms with Crippen molar-refractivity contribution in [2.24, 2.45) is 0 Å². The van der Waals surface area contributed by atoms with Gasteiger partial charge in [-0.05, 0) is 43.2 Å². The molecule has 3 rings (SSSR count). The van der Waals surface area contributed by atoms with E-state index in [2.05, 4.69) is 15.5 Å². The summed E-state index contributed by atoms with van der Waals surface area (Å²) in [6, 6.07) is 13.4. The molecular formula is C19H18ClN3O2S. The molecule has 0 bridgehead atoms. The van der Waals surface area contributed by atoms with E-state index < -0.39 is 0 Å². The van der Waals surface area contributed by atoms with Gasteiger partial charge in [0, 0.05) is 11.4 Å². The number of nitrogens with one attached hydrogen (secondary N) is 1. The van der Waals surface area contributed by atoms with E-state index in [1.165, 1.54) is 11.3 Å². The van der Waals surface area contributed by atoms with Gasteiger partial charge in [0.2, 0.25) is 5.13 Å². The van der Waals surface area contributed by atoms with Gasteiger partial charge in [-0.15, -0.1) is 10.2 Å². The Morgan fingerprint density at radius 2 is 1.92 bits per heavy atom. The first-order valence-corrected chi connectivity index (χ1v) is 9.26. The van der Waals surface area contributed by atoms with Crippen LogP contribution in [0.1, 0.15) is 21.7 Å². The van der Waals surface area contributed by atoms with Crippen LogP contribution < -0.4 is 10.1 Å². The first kappa shape index (κ1) is 18.4. The number of aryl methyl sites for hydroxylation is 2. The van der Waals surface area contributed by atoms with Crippen LogP contribution in [0.5, 0.6) is 5.75 Å². The minimum Gasteiger partial charge on any atom is -0.483 e. The lowest BCUT2D eigenvalue weighted by molar-refractivity contribution is -0.118. The van der Waals surface area contributed by atoms with Gasteiger partial charge in [-0.3, -0.25) is 10.1 Å². The number of hydrogen-bond acceptors (Lipinski definition) is 5. The van der Waals surface area contributed by atoms with Crippen LogP contribution in [-0.2, 0) is 11.2 Å². The molecule has 1 heterocycles. The fourth-order valence-electron chi connectivity index (χ4n) is 2.41. The van der Waals surface area contributed by atoms with Crippen molar-refractivity contribution in [2.45, 2.75) is 20.3 Å². The van der Waals surface area contributed by atoms with Gasteiger partial charge < -0.3 is 4.74 Å². The molecule has 0 spiro atoms. The minimum atomic E-state index is -0.265. The van der Waals surface area contributed by atoms with Gasteiger partial charge in [-0.1, -0.05) is 52.8 Å². The maximum Gasteiger partial charge on any atom is 0.264 e. The average molecular weight is 388 g/mol. The standard InChI is InChI=1S/C19H18ClN3O2S/c1-12-3-8-16(13(2)9-12)25-11-17(24)21-19-23-22-18(26-19)10-14-4-6-15(20)7-5-14/h3-9H,10-11H2,1-2H3,(H,21,23,24). The zero-order chi connectivity index (χ0) is 18.5. The fourth-order valence-corrected chi connectivity index (χ4v) is 3.33. The summed E-state index contributed by atoms with van der Waals surface area (Å²) in [5.41, 5.74) is 3.24. The molecular weight excluding hydrogens is 370 g/mol. The summed E-state index contributed by atoms with van der Waals surface area (Å²) in [6.45, 7) is 3.89. The van der Waals surface area contributed by atoms with Crippen molar-refractivity contribution < 1.29 is 9.53 Å². The molecule has 1 aromatic heterocycles. The summed E-state index contributed by atoms with van der Waals surface area (Å²) in [5.74, 6) is 0.436. The molecule has 134 valence electrons. The molecule has 7 heteroatoms. The number of carbonyl (C=O) groups is 1. The number of nitrogens with zero attached hydrogens (tertiary/aromatic N) is 2. The maximum atomic E-state index is 12.1. The van der Waals surface area contributed by atoms with Crippen LogP contribution in [0.15, 0.2) is 42.5 Å². The average Bonchev–Trinajstić information content (AvgIpc) is 3.03. The molecule has 0 unspecified atom stereocenters. The number of ether oxygens (including phenoxy) is 1. The van der Waals surface area contributed by atoms with Crippen molar-refractivity contribution in [1.82, 2.24) is 10.2 Å². The fraction of sp³-hybridized carbons (Fsp3) is 0.211. The minimum absolute atomic E-state index is 0.0734. The second-order valence-corrected chi connectivity index (χ2v) is 7.41. The first-order valence-electron chi connectivity index (χ1n) is 8.06. The molecule has 1 amide bonds. The third-order valence-electron chi connectivity index (χ3n) is 3.67. The van der Waals surface area contributed by atoms with E-state index in [1.54, 1.807) is 0 Å². The van der Waals surface area contributed by atoms with Crippen molar-refractivity contribution in [3.63, 3.8) is 0 Å². The predicted octanol–water partition coefficient (Wildman–Crippen LogP) is 4.42. The van der Waals surface area contributed by atoms with Crippen molar-refractivity contribution in [3.05, 3.63) is 69.2 Å². The van der Waals surface area contributed by atoms with Crippen LogP contribution in [0, 0.1) is 13.8 Å². The molecule has 26 heavy (non-hydrogen) atoms. The highest BCUT2D eigenvalue weighted by atomic mass is 35.5. The van der Waals surface area contributed by atoms with Gasteiger partial charge in [0.1, 0.15) is 10.8 Å². The van der Waals surface area contributed by atoms with Crippen molar-refractivity contribution in [1.29, 1.82) is 0 Å². The zero-order valence-electron chi connectivity index (χ0n) is 14.5. The van der Waals surface area contributed by atoms with Crippen LogP contribution in [0.4, 0.5) is 5.13 Å².